The van der Waals surface area contributed by atoms with Gasteiger partial charge in [-0.3, -0.25) is 4.79 Å². The van der Waals surface area contributed by atoms with Crippen molar-refractivity contribution in [1.29, 1.82) is 0 Å². The molecule has 2 aromatic carbocycles. The average Bonchev–Trinajstić information content (AvgIpc) is 3.11. The Hall–Kier alpha value is -2.97. The number of para-hydroxylation sites is 3. The summed E-state index contributed by atoms with van der Waals surface area (Å²) >= 11 is 1.51. The number of nitrogens with zero attached hydrogens (tertiary/aromatic N) is 1. The molecule has 0 aliphatic carbocycles. The molecule has 0 aliphatic rings. The Labute approximate surface area is 166 Å². The van der Waals surface area contributed by atoms with Gasteiger partial charge >= 0.3 is 5.97 Å². The van der Waals surface area contributed by atoms with E-state index in [1.807, 2.05) is 37.3 Å². The number of fused-ring (bicyclic) bond motifs is 1. The molecule has 0 bridgehead atoms. The van der Waals surface area contributed by atoms with E-state index in [4.69, 9.17) is 14.2 Å². The second-order valence-corrected chi connectivity index (χ2v) is 6.82. The van der Waals surface area contributed by atoms with Crippen molar-refractivity contribution in [2.75, 3.05) is 25.1 Å². The Kier molecular flexibility index (Phi) is 6.94. The van der Waals surface area contributed by atoms with Crippen LogP contribution in [0.4, 0.5) is 5.69 Å². The number of ether oxygens (including phenoxy) is 3. The fourth-order valence-electron chi connectivity index (χ4n) is 2.43. The lowest BCUT2D eigenvalue weighted by Crippen LogP contribution is -2.23. The van der Waals surface area contributed by atoms with Gasteiger partial charge in [0.1, 0.15) is 17.4 Å². The Morgan fingerprint density at radius 2 is 1.86 bits per heavy atom. The predicted octanol–water partition coefficient (Wildman–Crippen LogP) is 3.39. The van der Waals surface area contributed by atoms with Gasteiger partial charge in [-0.2, -0.15) is 0 Å². The molecular formula is C20H20N2O5S. The summed E-state index contributed by atoms with van der Waals surface area (Å²) < 4.78 is 16.8. The van der Waals surface area contributed by atoms with E-state index < -0.39 is 18.5 Å². The van der Waals surface area contributed by atoms with Crippen LogP contribution >= 0.6 is 11.3 Å². The highest BCUT2D eigenvalue weighted by Crippen LogP contribution is 2.23. The summed E-state index contributed by atoms with van der Waals surface area (Å²) in [6.45, 7) is 1.90. The Morgan fingerprint density at radius 3 is 2.68 bits per heavy atom. The number of amides is 1. The molecule has 1 heterocycles. The smallest absolute Gasteiger partial charge is 0.332 e. The molecular weight excluding hydrogens is 380 g/mol. The molecule has 0 saturated carbocycles. The molecule has 1 N–H and O–H groups in total. The average molecular weight is 400 g/mol. The van der Waals surface area contributed by atoms with Gasteiger partial charge in [-0.1, -0.05) is 24.3 Å². The summed E-state index contributed by atoms with van der Waals surface area (Å²) in [6, 6.07) is 14.8. The van der Waals surface area contributed by atoms with E-state index in [2.05, 4.69) is 10.3 Å². The zero-order chi connectivity index (χ0) is 19.8. The van der Waals surface area contributed by atoms with Gasteiger partial charge in [0.05, 0.1) is 29.1 Å². The molecule has 1 aromatic heterocycles. The number of nitrogens with one attached hydrogen (secondary N) is 1. The van der Waals surface area contributed by atoms with E-state index >= 15 is 0 Å². The summed E-state index contributed by atoms with van der Waals surface area (Å²) in [5.74, 6) is -0.509. The van der Waals surface area contributed by atoms with Gasteiger partial charge in [0.15, 0.2) is 6.61 Å². The molecule has 146 valence electrons. The van der Waals surface area contributed by atoms with Crippen molar-refractivity contribution in [2.45, 2.75) is 13.5 Å². The zero-order valence-electron chi connectivity index (χ0n) is 15.3. The number of carbonyl (C=O) groups is 2. The lowest BCUT2D eigenvalue weighted by molar-refractivity contribution is -0.152. The van der Waals surface area contributed by atoms with Gasteiger partial charge in [-0.05, 0) is 31.2 Å². The molecule has 7 nitrogen and oxygen atoms in total. The molecule has 0 aliphatic heterocycles. The molecule has 28 heavy (non-hydrogen) atoms. The highest BCUT2D eigenvalue weighted by atomic mass is 32.1. The normalized spacial score (nSPS) is 10.6. The summed E-state index contributed by atoms with van der Waals surface area (Å²) in [5, 5.41) is 3.43. The number of carbonyl (C=O) groups excluding carboxylic acids is 2. The second-order valence-electron chi connectivity index (χ2n) is 5.71. The fourth-order valence-corrected chi connectivity index (χ4v) is 3.33. The number of thiazole rings is 1. The number of aromatic nitrogens is 1. The van der Waals surface area contributed by atoms with Crippen molar-refractivity contribution in [2.24, 2.45) is 0 Å². The van der Waals surface area contributed by atoms with Crippen LogP contribution in [0, 0.1) is 0 Å². The monoisotopic (exact) mass is 400 g/mol. The van der Waals surface area contributed by atoms with Crippen LogP contribution in [0.2, 0.25) is 0 Å². The maximum Gasteiger partial charge on any atom is 0.332 e. The quantitative estimate of drug-likeness (QED) is 0.554. The Balaban J connectivity index is 1.39. The van der Waals surface area contributed by atoms with E-state index in [1.165, 1.54) is 11.3 Å². The third kappa shape index (κ3) is 5.51. The number of esters is 1. The molecule has 8 heteroatoms. The minimum atomic E-state index is -0.616. The van der Waals surface area contributed by atoms with Crippen molar-refractivity contribution >= 4 is 39.1 Å². The number of anilines is 1. The molecule has 1 amide bonds. The maximum atomic E-state index is 12.0. The van der Waals surface area contributed by atoms with Gasteiger partial charge in [0.25, 0.3) is 5.91 Å². The zero-order valence-corrected chi connectivity index (χ0v) is 16.2. The fraction of sp³-hybridized carbons (Fsp3) is 0.250. The molecule has 3 rings (SSSR count). The van der Waals surface area contributed by atoms with Gasteiger partial charge in [0.2, 0.25) is 0 Å². The first-order valence-electron chi connectivity index (χ1n) is 8.75. The van der Waals surface area contributed by atoms with Crippen molar-refractivity contribution in [3.05, 3.63) is 53.5 Å². The maximum absolute atomic E-state index is 12.0. The topological polar surface area (TPSA) is 86.8 Å². The van der Waals surface area contributed by atoms with Crippen molar-refractivity contribution in [3.8, 4) is 5.75 Å². The first-order chi connectivity index (χ1) is 13.7. The van der Waals surface area contributed by atoms with E-state index in [0.717, 1.165) is 15.2 Å². The van der Waals surface area contributed by atoms with Crippen LogP contribution < -0.4 is 10.1 Å². The van der Waals surface area contributed by atoms with Crippen LogP contribution in [-0.4, -0.2) is 36.7 Å². The summed E-state index contributed by atoms with van der Waals surface area (Å²) in [5.41, 5.74) is 1.43. The standard InChI is InChI=1S/C20H20N2O5S/c1-2-26-16-9-5-3-7-14(16)21-18(23)11-27-20(24)13-25-12-19-22-15-8-4-6-10-17(15)28-19/h3-10H,2,11-13H2,1H3,(H,21,23). The van der Waals surface area contributed by atoms with Crippen LogP contribution in [0.15, 0.2) is 48.5 Å². The molecule has 0 fully saturated rings. The lowest BCUT2D eigenvalue weighted by atomic mass is 10.3. The van der Waals surface area contributed by atoms with Gasteiger partial charge in [-0.25, -0.2) is 9.78 Å². The summed E-state index contributed by atoms with van der Waals surface area (Å²) in [7, 11) is 0. The van der Waals surface area contributed by atoms with E-state index in [9.17, 15) is 9.59 Å². The lowest BCUT2D eigenvalue weighted by Gasteiger charge is -2.11. The SMILES string of the molecule is CCOc1ccccc1NC(=O)COC(=O)COCc1nc2ccccc2s1. The molecule has 3 aromatic rings. The molecule has 0 radical (unpaired) electrons. The Bertz CT molecular complexity index is 923. The van der Waals surface area contributed by atoms with E-state index in [0.29, 0.717) is 18.0 Å². The van der Waals surface area contributed by atoms with Crippen LogP contribution in [0.1, 0.15) is 11.9 Å². The molecule has 0 unspecified atom stereocenters. The molecule has 0 saturated heterocycles. The number of rotatable bonds is 9. The Morgan fingerprint density at radius 1 is 1.07 bits per heavy atom. The predicted molar refractivity (Wildman–Crippen MR) is 106 cm³/mol. The van der Waals surface area contributed by atoms with Gasteiger partial charge in [-0.15, -0.1) is 11.3 Å². The molecule has 0 spiro atoms. The minimum absolute atomic E-state index is 0.211. The third-order valence-corrected chi connectivity index (χ3v) is 4.62. The largest absolute Gasteiger partial charge is 0.492 e. The second kappa shape index (κ2) is 9.82. The summed E-state index contributed by atoms with van der Waals surface area (Å²) in [4.78, 5) is 28.2. The van der Waals surface area contributed by atoms with Crippen LogP contribution in [0.3, 0.4) is 0 Å². The van der Waals surface area contributed by atoms with Crippen molar-refractivity contribution in [1.82, 2.24) is 4.98 Å². The van der Waals surface area contributed by atoms with Crippen LogP contribution in [0.25, 0.3) is 10.2 Å². The number of hydrogen-bond acceptors (Lipinski definition) is 7. The third-order valence-electron chi connectivity index (χ3n) is 3.61. The first kappa shape index (κ1) is 19.8. The number of benzene rings is 2. The van der Waals surface area contributed by atoms with Gasteiger partial charge in [0, 0.05) is 0 Å². The first-order valence-corrected chi connectivity index (χ1v) is 9.57. The highest BCUT2D eigenvalue weighted by Gasteiger charge is 2.11. The van der Waals surface area contributed by atoms with E-state index in [1.54, 1.807) is 18.2 Å². The van der Waals surface area contributed by atoms with Gasteiger partial charge < -0.3 is 19.5 Å². The highest BCUT2D eigenvalue weighted by molar-refractivity contribution is 7.18. The minimum Gasteiger partial charge on any atom is -0.492 e. The summed E-state index contributed by atoms with van der Waals surface area (Å²) in [6.07, 6.45) is 0. The van der Waals surface area contributed by atoms with Crippen LogP contribution in [-0.2, 0) is 25.7 Å². The van der Waals surface area contributed by atoms with Crippen molar-refractivity contribution < 1.29 is 23.8 Å². The van der Waals surface area contributed by atoms with Crippen LogP contribution in [0.5, 0.6) is 5.75 Å². The number of hydrogen-bond donors (Lipinski definition) is 1. The van der Waals surface area contributed by atoms with Crippen molar-refractivity contribution in [3.63, 3.8) is 0 Å². The van der Waals surface area contributed by atoms with E-state index in [-0.39, 0.29) is 13.2 Å². The molecule has 0 atom stereocenters.